The lowest BCUT2D eigenvalue weighted by atomic mass is 10.0. The number of carbonyl (C=O) groups is 1. The standard InChI is InChI=1S/C18H29N5O/c1-20-8-5-16(6-9-20)22(3)18(24)15-4-7-19-17(14-15)23-12-10-21(2)11-13-23/h4,7,14,16H,5-6,8-13H2,1-3H3. The Morgan fingerprint density at radius 1 is 1.08 bits per heavy atom. The molecular weight excluding hydrogens is 302 g/mol. The van der Waals surface area contributed by atoms with Crippen LogP contribution in [0.15, 0.2) is 18.3 Å². The fourth-order valence-corrected chi connectivity index (χ4v) is 3.51. The van der Waals surface area contributed by atoms with Crippen LogP contribution in [0.3, 0.4) is 0 Å². The van der Waals surface area contributed by atoms with Crippen molar-refractivity contribution >= 4 is 11.7 Å². The molecule has 1 aromatic heterocycles. The van der Waals surface area contributed by atoms with Gasteiger partial charge in [0, 0.05) is 51.0 Å². The molecule has 1 aromatic rings. The van der Waals surface area contributed by atoms with Crippen molar-refractivity contribution in [3.8, 4) is 0 Å². The highest BCUT2D eigenvalue weighted by molar-refractivity contribution is 5.94. The predicted octanol–water partition coefficient (Wildman–Crippen LogP) is 1.000. The van der Waals surface area contributed by atoms with Gasteiger partial charge in [0.25, 0.3) is 5.91 Å². The zero-order valence-electron chi connectivity index (χ0n) is 15.1. The second-order valence-corrected chi connectivity index (χ2v) is 7.14. The molecule has 0 spiro atoms. The van der Waals surface area contributed by atoms with Crippen LogP contribution in [0.2, 0.25) is 0 Å². The molecule has 2 fully saturated rings. The van der Waals surface area contributed by atoms with Gasteiger partial charge in [0.15, 0.2) is 0 Å². The van der Waals surface area contributed by atoms with Crippen LogP contribution in [0.4, 0.5) is 5.82 Å². The first kappa shape index (κ1) is 17.2. The largest absolute Gasteiger partial charge is 0.354 e. The van der Waals surface area contributed by atoms with Crippen LogP contribution in [0.5, 0.6) is 0 Å². The summed E-state index contributed by atoms with van der Waals surface area (Å²) in [5.41, 5.74) is 0.750. The molecule has 24 heavy (non-hydrogen) atoms. The summed E-state index contributed by atoms with van der Waals surface area (Å²) in [4.78, 5) is 26.2. The molecule has 0 N–H and O–H groups in total. The van der Waals surface area contributed by atoms with E-state index in [1.165, 1.54) is 0 Å². The second kappa shape index (κ2) is 7.49. The van der Waals surface area contributed by atoms with Gasteiger partial charge < -0.3 is 19.6 Å². The SMILES string of the molecule is CN1CCC(N(C)C(=O)c2ccnc(N3CCN(C)CC3)c2)CC1. The normalized spacial score (nSPS) is 21.0. The fraction of sp³-hybridized carbons (Fsp3) is 0.667. The molecule has 2 aliphatic rings. The number of nitrogens with zero attached hydrogens (tertiary/aromatic N) is 5. The van der Waals surface area contributed by atoms with E-state index in [1.807, 2.05) is 24.1 Å². The third-order valence-electron chi connectivity index (χ3n) is 5.38. The Balaban J connectivity index is 1.67. The number of piperazine rings is 1. The van der Waals surface area contributed by atoms with Crippen molar-refractivity contribution in [2.45, 2.75) is 18.9 Å². The maximum absolute atomic E-state index is 12.9. The molecule has 0 aromatic carbocycles. The van der Waals surface area contributed by atoms with Gasteiger partial charge in [-0.05, 0) is 52.2 Å². The predicted molar refractivity (Wildman–Crippen MR) is 96.6 cm³/mol. The molecule has 132 valence electrons. The lowest BCUT2D eigenvalue weighted by Crippen LogP contribution is -2.45. The second-order valence-electron chi connectivity index (χ2n) is 7.14. The zero-order valence-corrected chi connectivity index (χ0v) is 15.1. The van der Waals surface area contributed by atoms with Gasteiger partial charge in [-0.15, -0.1) is 0 Å². The van der Waals surface area contributed by atoms with Crippen molar-refractivity contribution in [2.24, 2.45) is 0 Å². The highest BCUT2D eigenvalue weighted by Crippen LogP contribution is 2.19. The number of aromatic nitrogens is 1. The number of hydrogen-bond acceptors (Lipinski definition) is 5. The minimum Gasteiger partial charge on any atom is -0.354 e. The molecule has 0 radical (unpaired) electrons. The van der Waals surface area contributed by atoms with Crippen molar-refractivity contribution < 1.29 is 4.79 Å². The van der Waals surface area contributed by atoms with Crippen LogP contribution >= 0.6 is 0 Å². The van der Waals surface area contributed by atoms with Gasteiger partial charge in [0.1, 0.15) is 5.82 Å². The van der Waals surface area contributed by atoms with Gasteiger partial charge in [-0.1, -0.05) is 0 Å². The first-order valence-corrected chi connectivity index (χ1v) is 8.90. The third kappa shape index (κ3) is 3.87. The Bertz CT molecular complexity index is 562. The van der Waals surface area contributed by atoms with Gasteiger partial charge >= 0.3 is 0 Å². The summed E-state index contributed by atoms with van der Waals surface area (Å²) >= 11 is 0. The molecule has 3 heterocycles. The molecule has 0 atom stereocenters. The fourth-order valence-electron chi connectivity index (χ4n) is 3.51. The highest BCUT2D eigenvalue weighted by Gasteiger charge is 2.25. The molecule has 2 aliphatic heterocycles. The molecule has 0 unspecified atom stereocenters. The van der Waals surface area contributed by atoms with Crippen LogP contribution in [-0.4, -0.2) is 92.0 Å². The number of hydrogen-bond donors (Lipinski definition) is 0. The summed E-state index contributed by atoms with van der Waals surface area (Å²) in [6.45, 7) is 6.12. The Hall–Kier alpha value is -1.66. The Morgan fingerprint density at radius 3 is 2.38 bits per heavy atom. The van der Waals surface area contributed by atoms with Crippen LogP contribution in [0.25, 0.3) is 0 Å². The topological polar surface area (TPSA) is 42.9 Å². The number of anilines is 1. The van der Waals surface area contributed by atoms with E-state index in [9.17, 15) is 4.79 Å². The van der Waals surface area contributed by atoms with Crippen LogP contribution in [0, 0.1) is 0 Å². The van der Waals surface area contributed by atoms with Gasteiger partial charge in [-0.3, -0.25) is 4.79 Å². The van der Waals surface area contributed by atoms with E-state index in [0.29, 0.717) is 6.04 Å². The Labute approximate surface area is 145 Å². The van der Waals surface area contributed by atoms with Crippen LogP contribution in [0.1, 0.15) is 23.2 Å². The van der Waals surface area contributed by atoms with Crippen LogP contribution in [-0.2, 0) is 0 Å². The maximum Gasteiger partial charge on any atom is 0.254 e. The molecular formula is C18H29N5O. The summed E-state index contributed by atoms with van der Waals surface area (Å²) in [6.07, 6.45) is 3.87. The molecule has 1 amide bonds. The first-order valence-electron chi connectivity index (χ1n) is 8.90. The molecule has 6 nitrogen and oxygen atoms in total. The number of likely N-dealkylation sites (N-methyl/N-ethyl adjacent to an activating group) is 1. The first-order chi connectivity index (χ1) is 11.5. The maximum atomic E-state index is 12.9. The summed E-state index contributed by atoms with van der Waals surface area (Å²) in [7, 11) is 6.22. The number of rotatable bonds is 3. The summed E-state index contributed by atoms with van der Waals surface area (Å²) in [6, 6.07) is 4.14. The van der Waals surface area contributed by atoms with Crippen molar-refractivity contribution in [3.63, 3.8) is 0 Å². The van der Waals surface area contributed by atoms with Crippen molar-refractivity contribution in [2.75, 3.05) is 65.3 Å². The Morgan fingerprint density at radius 2 is 1.71 bits per heavy atom. The smallest absolute Gasteiger partial charge is 0.254 e. The minimum absolute atomic E-state index is 0.113. The molecule has 0 bridgehead atoms. The molecule has 0 saturated carbocycles. The number of pyridine rings is 1. The zero-order chi connectivity index (χ0) is 17.1. The molecule has 6 heteroatoms. The van der Waals surface area contributed by atoms with E-state index in [-0.39, 0.29) is 5.91 Å². The Kier molecular flexibility index (Phi) is 5.36. The van der Waals surface area contributed by atoms with E-state index in [2.05, 4.69) is 33.8 Å². The number of likely N-dealkylation sites (tertiary alicyclic amines) is 1. The van der Waals surface area contributed by atoms with Crippen LogP contribution < -0.4 is 4.90 Å². The lowest BCUT2D eigenvalue weighted by Gasteiger charge is -2.35. The number of carbonyl (C=O) groups excluding carboxylic acids is 1. The van der Waals surface area contributed by atoms with Crippen molar-refractivity contribution in [1.29, 1.82) is 0 Å². The summed E-state index contributed by atoms with van der Waals surface area (Å²) in [5, 5.41) is 0. The van der Waals surface area contributed by atoms with Gasteiger partial charge in [-0.2, -0.15) is 0 Å². The quantitative estimate of drug-likeness (QED) is 0.827. The highest BCUT2D eigenvalue weighted by atomic mass is 16.2. The summed E-state index contributed by atoms with van der Waals surface area (Å²) < 4.78 is 0. The monoisotopic (exact) mass is 331 g/mol. The lowest BCUT2D eigenvalue weighted by molar-refractivity contribution is 0.0659. The average molecular weight is 331 g/mol. The number of amides is 1. The molecule has 0 aliphatic carbocycles. The van der Waals surface area contributed by atoms with E-state index in [1.54, 1.807) is 6.20 Å². The molecule has 2 saturated heterocycles. The van der Waals surface area contributed by atoms with E-state index < -0.39 is 0 Å². The van der Waals surface area contributed by atoms with Crippen molar-refractivity contribution in [3.05, 3.63) is 23.9 Å². The van der Waals surface area contributed by atoms with E-state index in [4.69, 9.17) is 0 Å². The average Bonchev–Trinajstić information content (AvgIpc) is 2.62. The number of piperidine rings is 1. The van der Waals surface area contributed by atoms with E-state index >= 15 is 0 Å². The van der Waals surface area contributed by atoms with Gasteiger partial charge in [0.2, 0.25) is 0 Å². The summed E-state index contributed by atoms with van der Waals surface area (Å²) in [5.74, 6) is 1.04. The van der Waals surface area contributed by atoms with E-state index in [0.717, 1.165) is 63.5 Å². The third-order valence-corrected chi connectivity index (χ3v) is 5.38. The van der Waals surface area contributed by atoms with Gasteiger partial charge in [-0.25, -0.2) is 4.98 Å². The minimum atomic E-state index is 0.113. The molecule has 3 rings (SSSR count). The van der Waals surface area contributed by atoms with Crippen molar-refractivity contribution in [1.82, 2.24) is 19.7 Å². The van der Waals surface area contributed by atoms with Gasteiger partial charge in [0.05, 0.1) is 0 Å².